The summed E-state index contributed by atoms with van der Waals surface area (Å²) in [6.45, 7) is 3.76. The number of amides is 1. The Morgan fingerprint density at radius 2 is 1.83 bits per heavy atom. The first kappa shape index (κ1) is 12.8. The quantitative estimate of drug-likeness (QED) is 0.881. The zero-order valence-electron chi connectivity index (χ0n) is 10.6. The molecule has 1 aromatic carbocycles. The number of Topliss-reactive ketones (excluding diaryl/α,β-unsaturated/α-hetero) is 1. The van der Waals surface area contributed by atoms with Gasteiger partial charge in [-0.15, -0.1) is 0 Å². The zero-order chi connectivity index (χ0) is 13.0. The molecule has 1 fully saturated rings. The van der Waals surface area contributed by atoms with E-state index in [1.807, 2.05) is 36.1 Å². The normalized spacial score (nSPS) is 16.6. The highest BCUT2D eigenvalue weighted by Gasteiger charge is 2.18. The molecule has 4 nitrogen and oxygen atoms in total. The lowest BCUT2D eigenvalue weighted by atomic mass is 10.1. The minimum Gasteiger partial charge on any atom is -0.325 e. The van der Waals surface area contributed by atoms with E-state index in [0.717, 1.165) is 5.69 Å². The SMILES string of the molecule is Cc1ccc(NC(=O)CN2CCC(=O)CC2)cc1. The molecule has 0 saturated carbocycles. The zero-order valence-corrected chi connectivity index (χ0v) is 10.6. The molecule has 1 amide bonds. The molecule has 0 aromatic heterocycles. The number of carbonyl (C=O) groups is 2. The maximum absolute atomic E-state index is 11.8. The Morgan fingerprint density at radius 1 is 1.22 bits per heavy atom. The van der Waals surface area contributed by atoms with Crippen molar-refractivity contribution in [3.05, 3.63) is 29.8 Å². The summed E-state index contributed by atoms with van der Waals surface area (Å²) in [6, 6.07) is 7.73. The molecule has 18 heavy (non-hydrogen) atoms. The van der Waals surface area contributed by atoms with Gasteiger partial charge in [-0.25, -0.2) is 0 Å². The molecule has 1 N–H and O–H groups in total. The smallest absolute Gasteiger partial charge is 0.238 e. The topological polar surface area (TPSA) is 49.4 Å². The molecule has 1 aliphatic rings. The summed E-state index contributed by atoms with van der Waals surface area (Å²) in [5, 5.41) is 2.86. The number of piperidine rings is 1. The number of carbonyl (C=O) groups excluding carboxylic acids is 2. The van der Waals surface area contributed by atoms with Crippen molar-refractivity contribution < 1.29 is 9.59 Å². The molecule has 0 atom stereocenters. The summed E-state index contributed by atoms with van der Waals surface area (Å²) in [7, 11) is 0. The summed E-state index contributed by atoms with van der Waals surface area (Å²) >= 11 is 0. The van der Waals surface area contributed by atoms with Gasteiger partial charge in [-0.2, -0.15) is 0 Å². The number of anilines is 1. The lowest BCUT2D eigenvalue weighted by molar-refractivity contribution is -0.124. The molecule has 1 heterocycles. The van der Waals surface area contributed by atoms with Crippen LogP contribution in [0.15, 0.2) is 24.3 Å². The summed E-state index contributed by atoms with van der Waals surface area (Å²) in [5.74, 6) is 0.276. The van der Waals surface area contributed by atoms with Gasteiger partial charge >= 0.3 is 0 Å². The van der Waals surface area contributed by atoms with Crippen molar-refractivity contribution in [2.45, 2.75) is 19.8 Å². The second-order valence-corrected chi connectivity index (χ2v) is 4.73. The van der Waals surface area contributed by atoms with Crippen molar-refractivity contribution in [1.29, 1.82) is 0 Å². The highest BCUT2D eigenvalue weighted by atomic mass is 16.2. The van der Waals surface area contributed by atoms with Crippen LogP contribution >= 0.6 is 0 Å². The number of aryl methyl sites for hydroxylation is 1. The van der Waals surface area contributed by atoms with E-state index >= 15 is 0 Å². The van der Waals surface area contributed by atoms with E-state index < -0.39 is 0 Å². The predicted octanol–water partition coefficient (Wildman–Crippen LogP) is 1.60. The van der Waals surface area contributed by atoms with Gasteiger partial charge < -0.3 is 5.32 Å². The Bertz CT molecular complexity index is 430. The second-order valence-electron chi connectivity index (χ2n) is 4.73. The third kappa shape index (κ3) is 3.67. The van der Waals surface area contributed by atoms with Gasteiger partial charge in [0.1, 0.15) is 5.78 Å². The van der Waals surface area contributed by atoms with Gasteiger partial charge in [0.05, 0.1) is 6.54 Å². The summed E-state index contributed by atoms with van der Waals surface area (Å²) in [6.07, 6.45) is 1.13. The number of hydrogen-bond donors (Lipinski definition) is 1. The van der Waals surface area contributed by atoms with Gasteiger partial charge in [0.2, 0.25) is 5.91 Å². The van der Waals surface area contributed by atoms with Gasteiger partial charge in [-0.3, -0.25) is 14.5 Å². The predicted molar refractivity (Wildman–Crippen MR) is 70.5 cm³/mol. The molecular formula is C14H18N2O2. The van der Waals surface area contributed by atoms with Crippen LogP contribution in [0.25, 0.3) is 0 Å². The lowest BCUT2D eigenvalue weighted by Crippen LogP contribution is -2.39. The number of nitrogens with zero attached hydrogens (tertiary/aromatic N) is 1. The van der Waals surface area contributed by atoms with E-state index in [4.69, 9.17) is 0 Å². The van der Waals surface area contributed by atoms with Crippen LogP contribution in [0, 0.1) is 6.92 Å². The van der Waals surface area contributed by atoms with Crippen LogP contribution in [0.2, 0.25) is 0 Å². The van der Waals surface area contributed by atoms with E-state index in [2.05, 4.69) is 5.32 Å². The number of rotatable bonds is 3. The van der Waals surface area contributed by atoms with Crippen molar-refractivity contribution in [3.8, 4) is 0 Å². The van der Waals surface area contributed by atoms with Crippen molar-refractivity contribution in [3.63, 3.8) is 0 Å². The van der Waals surface area contributed by atoms with E-state index in [9.17, 15) is 9.59 Å². The fourth-order valence-electron chi connectivity index (χ4n) is 2.00. The van der Waals surface area contributed by atoms with Crippen LogP contribution in [0.1, 0.15) is 18.4 Å². The maximum atomic E-state index is 11.8. The fourth-order valence-corrected chi connectivity index (χ4v) is 2.00. The molecule has 4 heteroatoms. The average molecular weight is 246 g/mol. The molecule has 1 aliphatic heterocycles. The minimum atomic E-state index is -0.0202. The molecular weight excluding hydrogens is 228 g/mol. The van der Waals surface area contributed by atoms with Gasteiger partial charge in [0.25, 0.3) is 0 Å². The number of benzene rings is 1. The Labute approximate surface area is 107 Å². The standard InChI is InChI=1S/C14H18N2O2/c1-11-2-4-12(5-3-11)15-14(18)10-16-8-6-13(17)7-9-16/h2-5H,6-10H2,1H3,(H,15,18). The van der Waals surface area contributed by atoms with Gasteiger partial charge in [0.15, 0.2) is 0 Å². The molecule has 0 radical (unpaired) electrons. The van der Waals surface area contributed by atoms with Crippen molar-refractivity contribution >= 4 is 17.4 Å². The highest BCUT2D eigenvalue weighted by Crippen LogP contribution is 2.09. The second kappa shape index (κ2) is 5.78. The third-order valence-electron chi connectivity index (χ3n) is 3.12. The van der Waals surface area contributed by atoms with Gasteiger partial charge in [-0.1, -0.05) is 17.7 Å². The molecule has 1 aromatic rings. The Morgan fingerprint density at radius 3 is 2.44 bits per heavy atom. The van der Waals surface area contributed by atoms with E-state index in [1.165, 1.54) is 5.56 Å². The first-order valence-electron chi connectivity index (χ1n) is 6.24. The first-order chi connectivity index (χ1) is 8.63. The number of hydrogen-bond acceptors (Lipinski definition) is 3. The Hall–Kier alpha value is -1.68. The highest BCUT2D eigenvalue weighted by molar-refractivity contribution is 5.92. The largest absolute Gasteiger partial charge is 0.325 e. The van der Waals surface area contributed by atoms with Crippen LogP contribution in [-0.4, -0.2) is 36.2 Å². The van der Waals surface area contributed by atoms with Crippen LogP contribution in [0.4, 0.5) is 5.69 Å². The summed E-state index contributed by atoms with van der Waals surface area (Å²) < 4.78 is 0. The molecule has 2 rings (SSSR count). The van der Waals surface area contributed by atoms with Crippen LogP contribution in [0.3, 0.4) is 0 Å². The third-order valence-corrected chi connectivity index (χ3v) is 3.12. The van der Waals surface area contributed by atoms with Crippen molar-refractivity contribution in [2.24, 2.45) is 0 Å². The van der Waals surface area contributed by atoms with E-state index in [1.54, 1.807) is 0 Å². The summed E-state index contributed by atoms with van der Waals surface area (Å²) in [4.78, 5) is 24.9. The molecule has 0 bridgehead atoms. The molecule has 0 spiro atoms. The van der Waals surface area contributed by atoms with Crippen molar-refractivity contribution in [2.75, 3.05) is 25.0 Å². The van der Waals surface area contributed by atoms with E-state index in [-0.39, 0.29) is 5.91 Å². The average Bonchev–Trinajstić information content (AvgIpc) is 2.35. The van der Waals surface area contributed by atoms with Gasteiger partial charge in [-0.05, 0) is 19.1 Å². The number of likely N-dealkylation sites (tertiary alicyclic amines) is 1. The molecule has 0 aliphatic carbocycles. The minimum absolute atomic E-state index is 0.0202. The van der Waals surface area contributed by atoms with Gasteiger partial charge in [0, 0.05) is 31.6 Å². The van der Waals surface area contributed by atoms with Crippen LogP contribution < -0.4 is 5.32 Å². The number of ketones is 1. The van der Waals surface area contributed by atoms with Crippen LogP contribution in [-0.2, 0) is 9.59 Å². The lowest BCUT2D eigenvalue weighted by Gasteiger charge is -2.24. The maximum Gasteiger partial charge on any atom is 0.238 e. The Kier molecular flexibility index (Phi) is 4.10. The Balaban J connectivity index is 1.81. The molecule has 96 valence electrons. The van der Waals surface area contributed by atoms with Crippen LogP contribution in [0.5, 0.6) is 0 Å². The number of nitrogens with one attached hydrogen (secondary N) is 1. The molecule has 0 unspecified atom stereocenters. The van der Waals surface area contributed by atoms with E-state index in [0.29, 0.717) is 38.3 Å². The monoisotopic (exact) mass is 246 g/mol. The molecule has 1 saturated heterocycles. The first-order valence-corrected chi connectivity index (χ1v) is 6.24. The summed E-state index contributed by atoms with van der Waals surface area (Å²) in [5.41, 5.74) is 1.99. The van der Waals surface area contributed by atoms with Crippen molar-refractivity contribution in [1.82, 2.24) is 4.90 Å². The fraction of sp³-hybridized carbons (Fsp3) is 0.429.